The van der Waals surface area contributed by atoms with E-state index in [-0.39, 0.29) is 31.5 Å². The SMILES string of the molecule is CC(=O)O[C@@H]1C[C@H](O)[C@@]23CO[C@@H](O)[C@]1(C)[C@@H]2C[C@@H](O)[C@]1(C)[C@@H]3C(=O)[C@H](O)[C@@]2(C)[C@H](c3ccoc3)C[C@H]3O[C@]321. The second kappa shape index (κ2) is 7.27. The molecule has 4 aliphatic carbocycles. The van der Waals surface area contributed by atoms with Crippen molar-refractivity contribution < 1.29 is 48.6 Å². The predicted molar refractivity (Wildman–Crippen MR) is 127 cm³/mol. The summed E-state index contributed by atoms with van der Waals surface area (Å²) in [6, 6.07) is 1.84. The molecule has 208 valence electrons. The van der Waals surface area contributed by atoms with Gasteiger partial charge in [-0.15, -0.1) is 0 Å². The molecule has 4 N–H and O–H groups in total. The van der Waals surface area contributed by atoms with E-state index in [9.17, 15) is 30.0 Å². The molecule has 7 rings (SSSR count). The van der Waals surface area contributed by atoms with Gasteiger partial charge in [0.2, 0.25) is 0 Å². The second-order valence-corrected chi connectivity index (χ2v) is 13.3. The van der Waals surface area contributed by atoms with E-state index in [1.165, 1.54) is 6.92 Å². The molecule has 2 aliphatic heterocycles. The average molecular weight is 533 g/mol. The lowest BCUT2D eigenvalue weighted by Gasteiger charge is -2.72. The number of hydrogen-bond acceptors (Lipinski definition) is 10. The van der Waals surface area contributed by atoms with Gasteiger partial charge in [-0.1, -0.05) is 20.8 Å². The number of fused-ring (bicyclic) bond motifs is 1. The first-order valence-corrected chi connectivity index (χ1v) is 13.6. The van der Waals surface area contributed by atoms with Crippen LogP contribution in [0.4, 0.5) is 0 Å². The lowest BCUT2D eigenvalue weighted by atomic mass is 9.33. The molecule has 0 unspecified atom stereocenters. The second-order valence-electron chi connectivity index (χ2n) is 13.3. The van der Waals surface area contributed by atoms with Crippen molar-refractivity contribution >= 4 is 11.8 Å². The fourth-order valence-corrected chi connectivity index (χ4v) is 10.7. The number of furan rings is 1. The molecule has 3 heterocycles. The first-order chi connectivity index (χ1) is 17.8. The monoisotopic (exact) mass is 532 g/mol. The molecule has 6 aliphatic rings. The molecular weight excluding hydrogens is 496 g/mol. The van der Waals surface area contributed by atoms with Crippen LogP contribution in [0.2, 0.25) is 0 Å². The number of esters is 1. The van der Waals surface area contributed by atoms with Crippen molar-refractivity contribution in [1.29, 1.82) is 0 Å². The molecule has 0 radical (unpaired) electrons. The molecule has 0 amide bonds. The Hall–Kier alpha value is -1.82. The van der Waals surface area contributed by atoms with Crippen LogP contribution in [0.3, 0.4) is 0 Å². The Kier molecular flexibility index (Phi) is 4.82. The van der Waals surface area contributed by atoms with Crippen LogP contribution in [-0.4, -0.2) is 81.2 Å². The lowest BCUT2D eigenvalue weighted by molar-refractivity contribution is -0.373. The molecule has 14 atom stereocenters. The number of carbonyl (C=O) groups is 2. The molecule has 1 aromatic heterocycles. The molecule has 38 heavy (non-hydrogen) atoms. The Morgan fingerprint density at radius 2 is 1.79 bits per heavy atom. The van der Waals surface area contributed by atoms with Crippen molar-refractivity contribution in [2.75, 3.05) is 6.61 Å². The minimum Gasteiger partial charge on any atom is -0.472 e. The van der Waals surface area contributed by atoms with Crippen LogP contribution >= 0.6 is 0 Å². The van der Waals surface area contributed by atoms with Crippen LogP contribution in [0.5, 0.6) is 0 Å². The topological polar surface area (TPSA) is 159 Å². The molecule has 1 aromatic rings. The van der Waals surface area contributed by atoms with E-state index in [0.717, 1.165) is 5.56 Å². The van der Waals surface area contributed by atoms with Crippen LogP contribution in [-0.2, 0) is 23.8 Å². The van der Waals surface area contributed by atoms with Crippen LogP contribution in [0.15, 0.2) is 23.0 Å². The van der Waals surface area contributed by atoms with Crippen LogP contribution in [0.25, 0.3) is 0 Å². The highest BCUT2D eigenvalue weighted by atomic mass is 16.6. The first kappa shape index (κ1) is 25.2. The number of Topliss-reactive ketones (excluding diaryl/α,β-unsaturated/α-hetero) is 1. The fourth-order valence-electron chi connectivity index (χ4n) is 10.7. The summed E-state index contributed by atoms with van der Waals surface area (Å²) in [4.78, 5) is 26.5. The minimum atomic E-state index is -1.43. The molecule has 6 fully saturated rings. The van der Waals surface area contributed by atoms with Gasteiger partial charge in [-0.2, -0.15) is 0 Å². The molecule has 1 spiro atoms. The van der Waals surface area contributed by atoms with Crippen molar-refractivity contribution in [1.82, 2.24) is 0 Å². The van der Waals surface area contributed by atoms with Gasteiger partial charge < -0.3 is 39.1 Å². The number of hydrogen-bond donors (Lipinski definition) is 4. The van der Waals surface area contributed by atoms with Gasteiger partial charge in [-0.3, -0.25) is 9.59 Å². The summed E-state index contributed by atoms with van der Waals surface area (Å²) >= 11 is 0. The maximum absolute atomic E-state index is 14.5. The third-order valence-corrected chi connectivity index (χ3v) is 12.3. The van der Waals surface area contributed by atoms with E-state index in [2.05, 4.69) is 0 Å². The molecule has 0 aromatic carbocycles. The lowest BCUT2D eigenvalue weighted by Crippen LogP contribution is -2.82. The molecule has 2 saturated heterocycles. The zero-order chi connectivity index (χ0) is 27.2. The zero-order valence-electron chi connectivity index (χ0n) is 22.0. The summed E-state index contributed by atoms with van der Waals surface area (Å²) < 4.78 is 23.3. The number of aliphatic hydroxyl groups is 4. The summed E-state index contributed by atoms with van der Waals surface area (Å²) in [6.07, 6.45) is -2.21. The molecule has 2 bridgehead atoms. The predicted octanol–water partition coefficient (Wildman–Crippen LogP) is 0.895. The number of aliphatic hydroxyl groups excluding tert-OH is 4. The Balaban J connectivity index is 1.41. The van der Waals surface area contributed by atoms with E-state index < -0.39 is 81.6 Å². The van der Waals surface area contributed by atoms with Gasteiger partial charge in [0.15, 0.2) is 12.1 Å². The van der Waals surface area contributed by atoms with E-state index in [4.69, 9.17) is 18.6 Å². The first-order valence-electron chi connectivity index (χ1n) is 13.6. The summed E-state index contributed by atoms with van der Waals surface area (Å²) in [6.45, 7) is 6.61. The highest BCUT2D eigenvalue weighted by molar-refractivity contribution is 5.91. The molecule has 10 heteroatoms. The molecular formula is C28H36O10. The highest BCUT2D eigenvalue weighted by Crippen LogP contribution is 2.82. The summed E-state index contributed by atoms with van der Waals surface area (Å²) in [5.74, 6) is -2.88. The highest BCUT2D eigenvalue weighted by Gasteiger charge is 2.92. The number of rotatable bonds is 2. The third-order valence-electron chi connectivity index (χ3n) is 12.3. The van der Waals surface area contributed by atoms with Gasteiger partial charge in [0.05, 0.1) is 42.9 Å². The number of carbonyl (C=O) groups excluding carboxylic acids is 2. The number of epoxide rings is 1. The quantitative estimate of drug-likeness (QED) is 0.318. The van der Waals surface area contributed by atoms with Crippen molar-refractivity contribution in [3.63, 3.8) is 0 Å². The Morgan fingerprint density at radius 3 is 2.45 bits per heavy atom. The average Bonchev–Trinajstić information content (AvgIpc) is 3.22. The summed E-state index contributed by atoms with van der Waals surface area (Å²) in [5, 5.41) is 46.8. The third kappa shape index (κ3) is 2.36. The van der Waals surface area contributed by atoms with Gasteiger partial charge in [-0.05, 0) is 30.4 Å². The van der Waals surface area contributed by atoms with Crippen LogP contribution in [0, 0.1) is 33.5 Å². The smallest absolute Gasteiger partial charge is 0.302 e. The van der Waals surface area contributed by atoms with E-state index in [0.29, 0.717) is 6.42 Å². The Labute approximate surface area is 220 Å². The standard InChI is InChI=1S/C28H36O10/c1-12(29)37-18-9-17(31)27-11-36-23(34)24(18,2)15(27)8-16(30)26(4)21(27)20(32)22(33)25(3)14(13-5-6-35-10-13)7-19-28(25,26)38-19/h5-6,10,14-19,21-23,30-31,33-34H,7-9,11H2,1-4H3/t14-,15-,16+,17-,18+,19+,21-,22-,23+,24+,25+,26+,27+,28+/m0/s1. The van der Waals surface area contributed by atoms with Crippen LogP contribution in [0.1, 0.15) is 58.4 Å². The summed E-state index contributed by atoms with van der Waals surface area (Å²) in [5.41, 5.74) is -4.74. The number of ketones is 1. The maximum Gasteiger partial charge on any atom is 0.302 e. The van der Waals surface area contributed by atoms with Crippen molar-refractivity contribution in [3.05, 3.63) is 24.2 Å². The Bertz CT molecular complexity index is 1200. The maximum atomic E-state index is 14.5. The van der Waals surface area contributed by atoms with Crippen molar-refractivity contribution in [2.24, 2.45) is 33.5 Å². The van der Waals surface area contributed by atoms with Crippen molar-refractivity contribution in [3.8, 4) is 0 Å². The van der Waals surface area contributed by atoms with Gasteiger partial charge >= 0.3 is 5.97 Å². The van der Waals surface area contributed by atoms with Gasteiger partial charge in [0, 0.05) is 41.4 Å². The van der Waals surface area contributed by atoms with E-state index in [1.54, 1.807) is 19.5 Å². The largest absolute Gasteiger partial charge is 0.472 e. The van der Waals surface area contributed by atoms with E-state index >= 15 is 0 Å². The van der Waals surface area contributed by atoms with Crippen LogP contribution < -0.4 is 0 Å². The van der Waals surface area contributed by atoms with Gasteiger partial charge in [0.25, 0.3) is 0 Å². The van der Waals surface area contributed by atoms with Crippen molar-refractivity contribution in [2.45, 2.75) is 95.3 Å². The Morgan fingerprint density at radius 1 is 1.05 bits per heavy atom. The van der Waals surface area contributed by atoms with Gasteiger partial charge in [0.1, 0.15) is 17.8 Å². The minimum absolute atomic E-state index is 0.00521. The van der Waals surface area contributed by atoms with Gasteiger partial charge in [-0.25, -0.2) is 0 Å². The summed E-state index contributed by atoms with van der Waals surface area (Å²) in [7, 11) is 0. The van der Waals surface area contributed by atoms with E-state index in [1.807, 2.05) is 19.9 Å². The fraction of sp³-hybridized carbons (Fsp3) is 0.786. The molecule has 10 nitrogen and oxygen atoms in total. The molecule has 4 saturated carbocycles. The normalized spacial score (nSPS) is 58.3. The number of ether oxygens (including phenoxy) is 3. The zero-order valence-corrected chi connectivity index (χ0v) is 22.0.